The van der Waals surface area contributed by atoms with Crippen LogP contribution in [-0.2, 0) is 22.4 Å². The number of esters is 1. The van der Waals surface area contributed by atoms with Crippen molar-refractivity contribution in [2.24, 2.45) is 0 Å². The van der Waals surface area contributed by atoms with Crippen molar-refractivity contribution in [1.29, 1.82) is 0 Å². The number of benzene rings is 1. The Morgan fingerprint density at radius 1 is 1.36 bits per heavy atom. The lowest BCUT2D eigenvalue weighted by Crippen LogP contribution is -2.32. The summed E-state index contributed by atoms with van der Waals surface area (Å²) in [6.07, 6.45) is 2.34. The standard InChI is InChI=1S/C18H24O4/c1-11-4-5-12(17-15(11)10-18(2,3)22-17)6-7-14-8-13(19)9-16(20)21-14/h4-5,13-14,19H,6-10H2,1-3H3/t13-,14-/m0/s1. The first-order chi connectivity index (χ1) is 10.3. The van der Waals surface area contributed by atoms with Crippen molar-refractivity contribution >= 4 is 5.97 Å². The van der Waals surface area contributed by atoms with Gasteiger partial charge in [-0.05, 0) is 44.7 Å². The Hall–Kier alpha value is -1.55. The van der Waals surface area contributed by atoms with E-state index in [9.17, 15) is 9.90 Å². The van der Waals surface area contributed by atoms with Crippen LogP contribution in [0.3, 0.4) is 0 Å². The molecule has 0 bridgehead atoms. The maximum absolute atomic E-state index is 11.4. The topological polar surface area (TPSA) is 55.8 Å². The van der Waals surface area contributed by atoms with Crippen LogP contribution in [0, 0.1) is 6.92 Å². The second-order valence-electron chi connectivity index (χ2n) is 7.13. The van der Waals surface area contributed by atoms with Crippen molar-refractivity contribution in [2.45, 2.75) is 70.7 Å². The number of carbonyl (C=O) groups is 1. The molecular weight excluding hydrogens is 280 g/mol. The molecule has 2 atom stereocenters. The lowest BCUT2D eigenvalue weighted by atomic mass is 9.94. The number of hydrogen-bond donors (Lipinski definition) is 1. The van der Waals surface area contributed by atoms with Gasteiger partial charge in [-0.2, -0.15) is 0 Å². The summed E-state index contributed by atoms with van der Waals surface area (Å²) in [5, 5.41) is 9.68. The third-order valence-electron chi connectivity index (χ3n) is 4.53. The summed E-state index contributed by atoms with van der Waals surface area (Å²) in [6, 6.07) is 4.25. The molecule has 2 aliphatic heterocycles. The summed E-state index contributed by atoms with van der Waals surface area (Å²) in [7, 11) is 0. The van der Waals surface area contributed by atoms with Gasteiger partial charge >= 0.3 is 5.97 Å². The molecule has 0 unspecified atom stereocenters. The van der Waals surface area contributed by atoms with Gasteiger partial charge in [0, 0.05) is 18.4 Å². The normalized spacial score (nSPS) is 26.3. The summed E-state index contributed by atoms with van der Waals surface area (Å²) in [5.74, 6) is 0.711. The van der Waals surface area contributed by atoms with Crippen LogP contribution in [0.1, 0.15) is 49.8 Å². The molecule has 4 heteroatoms. The molecule has 2 aliphatic rings. The molecular formula is C18H24O4. The molecule has 120 valence electrons. The predicted octanol–water partition coefficient (Wildman–Crippen LogP) is 2.71. The Labute approximate surface area is 131 Å². The van der Waals surface area contributed by atoms with E-state index in [1.54, 1.807) is 0 Å². The molecule has 0 radical (unpaired) electrons. The zero-order chi connectivity index (χ0) is 15.9. The van der Waals surface area contributed by atoms with Crippen molar-refractivity contribution in [3.63, 3.8) is 0 Å². The van der Waals surface area contributed by atoms with Gasteiger partial charge in [0.1, 0.15) is 17.5 Å². The minimum Gasteiger partial charge on any atom is -0.487 e. The number of ether oxygens (including phenoxy) is 2. The van der Waals surface area contributed by atoms with E-state index in [0.29, 0.717) is 6.42 Å². The minimum atomic E-state index is -0.565. The average Bonchev–Trinajstić information content (AvgIpc) is 2.73. The molecule has 2 heterocycles. The Morgan fingerprint density at radius 3 is 2.86 bits per heavy atom. The van der Waals surface area contributed by atoms with Gasteiger partial charge in [-0.1, -0.05) is 12.1 Å². The second kappa shape index (κ2) is 5.58. The third kappa shape index (κ3) is 3.12. The molecule has 0 saturated carbocycles. The van der Waals surface area contributed by atoms with Crippen molar-refractivity contribution in [3.8, 4) is 5.75 Å². The smallest absolute Gasteiger partial charge is 0.308 e. The van der Waals surface area contributed by atoms with Gasteiger partial charge in [-0.25, -0.2) is 0 Å². The Kier molecular flexibility index (Phi) is 3.89. The lowest BCUT2D eigenvalue weighted by Gasteiger charge is -2.26. The zero-order valence-corrected chi connectivity index (χ0v) is 13.5. The number of carbonyl (C=O) groups excluding carboxylic acids is 1. The molecule has 1 N–H and O–H groups in total. The molecule has 3 rings (SSSR count). The van der Waals surface area contributed by atoms with Gasteiger partial charge in [0.15, 0.2) is 0 Å². The fourth-order valence-corrected chi connectivity index (χ4v) is 3.41. The molecule has 0 aliphatic carbocycles. The summed E-state index contributed by atoms with van der Waals surface area (Å²) >= 11 is 0. The molecule has 1 aromatic rings. The van der Waals surface area contributed by atoms with Gasteiger partial charge in [0.2, 0.25) is 0 Å². The number of fused-ring (bicyclic) bond motifs is 1. The van der Waals surface area contributed by atoms with E-state index in [1.807, 2.05) is 0 Å². The van der Waals surface area contributed by atoms with E-state index in [0.717, 1.165) is 25.0 Å². The molecule has 0 aromatic heterocycles. The first-order valence-corrected chi connectivity index (χ1v) is 8.02. The predicted molar refractivity (Wildman–Crippen MR) is 83.0 cm³/mol. The largest absolute Gasteiger partial charge is 0.487 e. The summed E-state index contributed by atoms with van der Waals surface area (Å²) in [5.41, 5.74) is 3.57. The fourth-order valence-electron chi connectivity index (χ4n) is 3.41. The highest BCUT2D eigenvalue weighted by Gasteiger charge is 2.33. The molecule has 0 spiro atoms. The van der Waals surface area contributed by atoms with Crippen LogP contribution in [0.25, 0.3) is 0 Å². The highest BCUT2D eigenvalue weighted by Crippen LogP contribution is 2.40. The molecule has 4 nitrogen and oxygen atoms in total. The van der Waals surface area contributed by atoms with Crippen LogP contribution in [0.2, 0.25) is 0 Å². The van der Waals surface area contributed by atoms with Gasteiger partial charge < -0.3 is 14.6 Å². The fraction of sp³-hybridized carbons (Fsp3) is 0.611. The number of cyclic esters (lactones) is 1. The number of rotatable bonds is 3. The number of hydrogen-bond acceptors (Lipinski definition) is 4. The molecule has 22 heavy (non-hydrogen) atoms. The summed E-state index contributed by atoms with van der Waals surface area (Å²) < 4.78 is 11.5. The maximum Gasteiger partial charge on any atom is 0.308 e. The van der Waals surface area contributed by atoms with Gasteiger partial charge in [-0.15, -0.1) is 0 Å². The van der Waals surface area contributed by atoms with Crippen LogP contribution in [0.15, 0.2) is 12.1 Å². The first-order valence-electron chi connectivity index (χ1n) is 8.02. The van der Waals surface area contributed by atoms with Gasteiger partial charge in [-0.3, -0.25) is 4.79 Å². The molecule has 1 aromatic carbocycles. The quantitative estimate of drug-likeness (QED) is 0.872. The van der Waals surface area contributed by atoms with Crippen LogP contribution in [-0.4, -0.2) is 28.9 Å². The Morgan fingerprint density at radius 2 is 2.14 bits per heavy atom. The van der Waals surface area contributed by atoms with Gasteiger partial charge in [0.05, 0.1) is 12.5 Å². The van der Waals surface area contributed by atoms with Crippen LogP contribution in [0.4, 0.5) is 0 Å². The van der Waals surface area contributed by atoms with Crippen molar-refractivity contribution in [3.05, 3.63) is 28.8 Å². The number of aliphatic hydroxyl groups excluding tert-OH is 1. The SMILES string of the molecule is Cc1ccc(CC[C@H]2C[C@H](O)CC(=O)O2)c2c1CC(C)(C)O2. The second-order valence-corrected chi connectivity index (χ2v) is 7.13. The Balaban J connectivity index is 1.72. The molecule has 1 fully saturated rings. The van der Waals surface area contributed by atoms with E-state index < -0.39 is 6.10 Å². The van der Waals surface area contributed by atoms with Crippen molar-refractivity contribution < 1.29 is 19.4 Å². The summed E-state index contributed by atoms with van der Waals surface area (Å²) in [4.78, 5) is 11.4. The highest BCUT2D eigenvalue weighted by molar-refractivity contribution is 5.70. The average molecular weight is 304 g/mol. The third-order valence-corrected chi connectivity index (χ3v) is 4.53. The van der Waals surface area contributed by atoms with E-state index in [4.69, 9.17) is 9.47 Å². The first kappa shape index (κ1) is 15.3. The van der Waals surface area contributed by atoms with Crippen LogP contribution in [0.5, 0.6) is 5.75 Å². The van der Waals surface area contributed by atoms with Crippen LogP contribution < -0.4 is 4.74 Å². The Bertz CT molecular complexity index is 591. The molecule has 0 amide bonds. The van der Waals surface area contributed by atoms with Gasteiger partial charge in [0.25, 0.3) is 0 Å². The van der Waals surface area contributed by atoms with Crippen molar-refractivity contribution in [2.75, 3.05) is 0 Å². The van der Waals surface area contributed by atoms with E-state index in [2.05, 4.69) is 32.9 Å². The monoisotopic (exact) mass is 304 g/mol. The number of aryl methyl sites for hydroxylation is 2. The van der Waals surface area contributed by atoms with E-state index in [1.165, 1.54) is 16.7 Å². The summed E-state index contributed by atoms with van der Waals surface area (Å²) in [6.45, 7) is 6.33. The van der Waals surface area contributed by atoms with Crippen molar-refractivity contribution in [1.82, 2.24) is 0 Å². The highest BCUT2D eigenvalue weighted by atomic mass is 16.5. The van der Waals surface area contributed by atoms with E-state index >= 15 is 0 Å². The maximum atomic E-state index is 11.4. The zero-order valence-electron chi connectivity index (χ0n) is 13.5. The lowest BCUT2D eigenvalue weighted by molar-refractivity contribution is -0.160. The van der Waals surface area contributed by atoms with E-state index in [-0.39, 0.29) is 24.1 Å². The minimum absolute atomic E-state index is 0.119. The van der Waals surface area contributed by atoms with Crippen LogP contribution >= 0.6 is 0 Å². The molecule has 1 saturated heterocycles. The number of aliphatic hydroxyl groups is 1.